The summed E-state index contributed by atoms with van der Waals surface area (Å²) in [6, 6.07) is 51.1. The first-order chi connectivity index (χ1) is 24.7. The van der Waals surface area contributed by atoms with Gasteiger partial charge < -0.3 is 4.57 Å². The Morgan fingerprint density at radius 1 is 0.549 bits per heavy atom. The highest BCUT2D eigenvalue weighted by Crippen LogP contribution is 2.48. The second-order valence-electron chi connectivity index (χ2n) is 15.8. The summed E-state index contributed by atoms with van der Waals surface area (Å²) in [7, 11) is 0. The Morgan fingerprint density at radius 3 is 2.06 bits per heavy atom. The molecule has 0 radical (unpaired) electrons. The summed E-state index contributed by atoms with van der Waals surface area (Å²) >= 11 is 0. The quantitative estimate of drug-likeness (QED) is 0.137. The molecular weight excluding hydrogens is 619 g/mol. The van der Waals surface area contributed by atoms with E-state index in [2.05, 4.69) is 183 Å². The van der Waals surface area contributed by atoms with Gasteiger partial charge in [-0.1, -0.05) is 107 Å². The second-order valence-corrected chi connectivity index (χ2v) is 15.8. The number of aromatic nitrogens is 3. The van der Waals surface area contributed by atoms with Gasteiger partial charge >= 0.3 is 0 Å². The Bertz CT molecular complexity index is 2860. The number of para-hydroxylation sites is 2. The molecule has 7 aromatic carbocycles. The number of benzene rings is 7. The van der Waals surface area contributed by atoms with E-state index in [1.54, 1.807) is 0 Å². The third-order valence-corrected chi connectivity index (χ3v) is 11.7. The fraction of sp³-hybridized carbons (Fsp3) is 0.167. The summed E-state index contributed by atoms with van der Waals surface area (Å²) in [5.74, 6) is 0. The first-order valence-electron chi connectivity index (χ1n) is 18.2. The standard InChI is InChI=1S/C48H40N3/c1-47(2)24-25-48(3,4)41-29-45-39(28-40(41)47)38-16-10-11-17-43(38)51(45)36-22-20-31-18-19-33(26-34(31)27-36)42-30-50(35-13-6-5-7-14-35)44-23-21-32-12-8-9-15-37(32)46(44)49-42/h5-23,26-30H,24-25H2,1-4H3/q+1. The van der Waals surface area contributed by atoms with Gasteiger partial charge in [0.05, 0.1) is 11.0 Å². The Kier molecular flexibility index (Phi) is 6.39. The molecule has 0 saturated carbocycles. The summed E-state index contributed by atoms with van der Waals surface area (Å²) in [6.07, 6.45) is 4.59. The van der Waals surface area contributed by atoms with E-state index in [0.717, 1.165) is 33.4 Å². The molecule has 0 saturated heterocycles. The normalized spacial score (nSPS) is 15.2. The van der Waals surface area contributed by atoms with Crippen LogP contribution in [0.5, 0.6) is 0 Å². The van der Waals surface area contributed by atoms with Gasteiger partial charge in [0, 0.05) is 45.6 Å². The van der Waals surface area contributed by atoms with Gasteiger partial charge in [-0.2, -0.15) is 4.57 Å². The van der Waals surface area contributed by atoms with Crippen LogP contribution in [0.4, 0.5) is 0 Å². The molecule has 0 atom stereocenters. The highest BCUT2D eigenvalue weighted by Gasteiger charge is 2.38. The highest BCUT2D eigenvalue weighted by atomic mass is 15.0. The predicted molar refractivity (Wildman–Crippen MR) is 213 cm³/mol. The smallest absolute Gasteiger partial charge is 0.237 e. The van der Waals surface area contributed by atoms with Crippen molar-refractivity contribution in [1.82, 2.24) is 9.55 Å². The molecule has 10 rings (SSSR count). The van der Waals surface area contributed by atoms with Crippen LogP contribution in [-0.4, -0.2) is 9.55 Å². The lowest BCUT2D eigenvalue weighted by atomic mass is 9.63. The molecule has 51 heavy (non-hydrogen) atoms. The Labute approximate surface area is 298 Å². The molecule has 0 N–H and O–H groups in total. The van der Waals surface area contributed by atoms with Crippen molar-refractivity contribution in [1.29, 1.82) is 0 Å². The second kappa shape index (κ2) is 10.8. The van der Waals surface area contributed by atoms with Crippen LogP contribution in [0.2, 0.25) is 0 Å². The molecule has 0 amide bonds. The summed E-state index contributed by atoms with van der Waals surface area (Å²) in [5, 5.41) is 7.40. The van der Waals surface area contributed by atoms with Crippen molar-refractivity contribution in [2.75, 3.05) is 0 Å². The monoisotopic (exact) mass is 658 g/mol. The van der Waals surface area contributed by atoms with E-state index in [-0.39, 0.29) is 10.8 Å². The van der Waals surface area contributed by atoms with Crippen molar-refractivity contribution >= 4 is 54.4 Å². The lowest BCUT2D eigenvalue weighted by Crippen LogP contribution is -2.33. The fourth-order valence-corrected chi connectivity index (χ4v) is 8.68. The maximum absolute atomic E-state index is 5.36. The van der Waals surface area contributed by atoms with Gasteiger partial charge in [-0.3, -0.25) is 0 Å². The van der Waals surface area contributed by atoms with Crippen molar-refractivity contribution in [2.45, 2.75) is 51.4 Å². The molecule has 3 nitrogen and oxygen atoms in total. The summed E-state index contributed by atoms with van der Waals surface area (Å²) in [5.41, 5.74) is 12.2. The molecule has 0 bridgehead atoms. The van der Waals surface area contributed by atoms with Gasteiger partial charge in [0.1, 0.15) is 11.2 Å². The third kappa shape index (κ3) is 4.64. The predicted octanol–water partition coefficient (Wildman–Crippen LogP) is 11.9. The third-order valence-electron chi connectivity index (χ3n) is 11.7. The maximum atomic E-state index is 5.36. The lowest BCUT2D eigenvalue weighted by Gasteiger charge is -2.42. The topological polar surface area (TPSA) is 21.7 Å². The van der Waals surface area contributed by atoms with Gasteiger partial charge in [0.15, 0.2) is 0 Å². The SMILES string of the molecule is CC1(C)CCC(C)(C)c2cc3c(cc21)c1ccccc1n3-c1ccc2ccc(-c3c[n+](-c4ccccc4)c4ccc5ccccc5c4n3)cc2c1. The minimum Gasteiger partial charge on any atom is -0.309 e. The molecule has 0 unspecified atom stereocenters. The fourth-order valence-electron chi connectivity index (χ4n) is 8.68. The Morgan fingerprint density at radius 2 is 1.24 bits per heavy atom. The minimum atomic E-state index is 0.132. The number of hydrogen-bond donors (Lipinski definition) is 0. The molecule has 0 spiro atoms. The number of hydrogen-bond acceptors (Lipinski definition) is 1. The van der Waals surface area contributed by atoms with Gasteiger partial charge in [0.25, 0.3) is 0 Å². The van der Waals surface area contributed by atoms with Crippen LogP contribution >= 0.6 is 0 Å². The first-order valence-corrected chi connectivity index (χ1v) is 18.2. The first kappa shape index (κ1) is 30.1. The van der Waals surface area contributed by atoms with Gasteiger partial charge in [0.2, 0.25) is 17.4 Å². The molecule has 0 aliphatic heterocycles. The van der Waals surface area contributed by atoms with E-state index in [1.165, 1.54) is 67.6 Å². The van der Waals surface area contributed by atoms with Crippen LogP contribution in [0.25, 0.3) is 77.0 Å². The van der Waals surface area contributed by atoms with Crippen LogP contribution in [0.15, 0.2) is 146 Å². The van der Waals surface area contributed by atoms with Crippen LogP contribution in [0.1, 0.15) is 51.7 Å². The molecular formula is C48H40N3+. The number of rotatable bonds is 3. The van der Waals surface area contributed by atoms with Crippen LogP contribution < -0.4 is 4.57 Å². The van der Waals surface area contributed by atoms with E-state index in [1.807, 2.05) is 0 Å². The zero-order chi connectivity index (χ0) is 34.5. The van der Waals surface area contributed by atoms with Crippen molar-refractivity contribution in [3.8, 4) is 22.6 Å². The van der Waals surface area contributed by atoms with Crippen LogP contribution in [-0.2, 0) is 10.8 Å². The number of fused-ring (bicyclic) bond motifs is 8. The van der Waals surface area contributed by atoms with Gasteiger partial charge in [-0.15, -0.1) is 0 Å². The van der Waals surface area contributed by atoms with E-state index in [4.69, 9.17) is 4.98 Å². The summed E-state index contributed by atoms with van der Waals surface area (Å²) in [6.45, 7) is 9.67. The van der Waals surface area contributed by atoms with E-state index in [0.29, 0.717) is 0 Å². The summed E-state index contributed by atoms with van der Waals surface area (Å²) in [4.78, 5) is 5.36. The molecule has 1 aliphatic carbocycles. The minimum absolute atomic E-state index is 0.132. The summed E-state index contributed by atoms with van der Waals surface area (Å²) < 4.78 is 4.77. The lowest BCUT2D eigenvalue weighted by molar-refractivity contribution is -0.567. The molecule has 9 aromatic rings. The average molecular weight is 659 g/mol. The molecule has 1 aliphatic rings. The maximum Gasteiger partial charge on any atom is 0.237 e. The van der Waals surface area contributed by atoms with Crippen LogP contribution in [0, 0.1) is 0 Å². The van der Waals surface area contributed by atoms with Gasteiger partial charge in [-0.05, 0) is 93.4 Å². The van der Waals surface area contributed by atoms with Crippen LogP contribution in [0.3, 0.4) is 0 Å². The molecule has 2 aromatic heterocycles. The van der Waals surface area contributed by atoms with E-state index in [9.17, 15) is 0 Å². The Hall–Kier alpha value is -5.80. The zero-order valence-electron chi connectivity index (χ0n) is 29.6. The Balaban J connectivity index is 1.19. The molecule has 246 valence electrons. The van der Waals surface area contributed by atoms with Crippen molar-refractivity contribution in [3.63, 3.8) is 0 Å². The highest BCUT2D eigenvalue weighted by molar-refractivity contribution is 6.10. The molecule has 2 heterocycles. The van der Waals surface area contributed by atoms with Crippen molar-refractivity contribution in [3.05, 3.63) is 157 Å². The average Bonchev–Trinajstić information content (AvgIpc) is 3.49. The van der Waals surface area contributed by atoms with E-state index < -0.39 is 0 Å². The van der Waals surface area contributed by atoms with Crippen molar-refractivity contribution in [2.24, 2.45) is 0 Å². The van der Waals surface area contributed by atoms with Gasteiger partial charge in [-0.25, -0.2) is 4.98 Å². The van der Waals surface area contributed by atoms with E-state index >= 15 is 0 Å². The van der Waals surface area contributed by atoms with Crippen molar-refractivity contribution < 1.29 is 4.57 Å². The molecule has 3 heteroatoms. The number of nitrogens with zero attached hydrogens (tertiary/aromatic N) is 3. The zero-order valence-corrected chi connectivity index (χ0v) is 29.6. The largest absolute Gasteiger partial charge is 0.309 e. The molecule has 0 fully saturated rings.